The molecule has 0 aliphatic carbocycles. The largest absolute Gasteiger partial charge is 0.476 e. The highest BCUT2D eigenvalue weighted by atomic mass is 35.5. The minimum absolute atomic E-state index is 0.0945. The monoisotopic (exact) mass is 488 g/mol. The van der Waals surface area contributed by atoms with Crippen molar-refractivity contribution in [1.29, 1.82) is 0 Å². The normalized spacial score (nSPS) is 15.5. The molecule has 0 spiro atoms. The SMILES string of the molecule is O=C(NCCSc1ccccc1)[C@H]1CN(S(=O)(=O)c2ccc(Cl)cc2)c2ccccc2O1. The number of nitrogens with zero attached hydrogens (tertiary/aromatic N) is 1. The van der Waals surface area contributed by atoms with Gasteiger partial charge in [-0.2, -0.15) is 0 Å². The predicted molar refractivity (Wildman–Crippen MR) is 127 cm³/mol. The lowest BCUT2D eigenvalue weighted by atomic mass is 10.2. The number of carbonyl (C=O) groups is 1. The van der Waals surface area contributed by atoms with Gasteiger partial charge >= 0.3 is 0 Å². The lowest BCUT2D eigenvalue weighted by Crippen LogP contribution is -2.51. The fourth-order valence-corrected chi connectivity index (χ4v) is 5.67. The van der Waals surface area contributed by atoms with Gasteiger partial charge in [-0.05, 0) is 48.5 Å². The molecule has 0 aromatic heterocycles. The smallest absolute Gasteiger partial charge is 0.264 e. The second kappa shape index (κ2) is 9.85. The van der Waals surface area contributed by atoms with Gasteiger partial charge in [0, 0.05) is 22.2 Å². The summed E-state index contributed by atoms with van der Waals surface area (Å²) < 4.78 is 33.7. The number of carbonyl (C=O) groups excluding carboxylic acids is 1. The average molecular weight is 489 g/mol. The van der Waals surface area contributed by atoms with Gasteiger partial charge in [-0.1, -0.05) is 41.9 Å². The van der Waals surface area contributed by atoms with Crippen LogP contribution < -0.4 is 14.4 Å². The van der Waals surface area contributed by atoms with Crippen molar-refractivity contribution >= 4 is 45.0 Å². The molecule has 1 atom stereocenters. The van der Waals surface area contributed by atoms with Crippen molar-refractivity contribution in [2.45, 2.75) is 15.9 Å². The van der Waals surface area contributed by atoms with Crippen molar-refractivity contribution in [2.75, 3.05) is 23.1 Å². The second-order valence-electron chi connectivity index (χ2n) is 7.02. The van der Waals surface area contributed by atoms with Gasteiger partial charge in [0.15, 0.2) is 6.10 Å². The summed E-state index contributed by atoms with van der Waals surface area (Å²) in [5, 5.41) is 3.29. The first-order chi connectivity index (χ1) is 15.4. The van der Waals surface area contributed by atoms with Gasteiger partial charge in [0.1, 0.15) is 5.75 Å². The van der Waals surface area contributed by atoms with Crippen LogP contribution in [0.15, 0.2) is 88.7 Å². The Kier molecular flexibility index (Phi) is 6.93. The number of ether oxygens (including phenoxy) is 1. The number of rotatable bonds is 7. The predicted octanol–water partition coefficient (Wildman–Crippen LogP) is 4.20. The first-order valence-electron chi connectivity index (χ1n) is 9.95. The molecule has 6 nitrogen and oxygen atoms in total. The van der Waals surface area contributed by atoms with Gasteiger partial charge in [-0.3, -0.25) is 9.10 Å². The maximum atomic E-state index is 13.3. The molecule has 3 aromatic carbocycles. The second-order valence-corrected chi connectivity index (χ2v) is 10.5. The molecule has 1 amide bonds. The van der Waals surface area contributed by atoms with E-state index in [4.69, 9.17) is 16.3 Å². The molecule has 32 heavy (non-hydrogen) atoms. The molecule has 1 heterocycles. The minimum atomic E-state index is -3.91. The van der Waals surface area contributed by atoms with Gasteiger partial charge < -0.3 is 10.1 Å². The van der Waals surface area contributed by atoms with Crippen LogP contribution in [0.1, 0.15) is 0 Å². The Labute approximate surface area is 196 Å². The molecule has 0 radical (unpaired) electrons. The number of nitrogens with one attached hydrogen (secondary N) is 1. The van der Waals surface area contributed by atoms with E-state index in [9.17, 15) is 13.2 Å². The van der Waals surface area contributed by atoms with E-state index in [0.717, 1.165) is 4.90 Å². The third-order valence-corrected chi connectivity index (χ3v) is 7.90. The first kappa shape index (κ1) is 22.5. The van der Waals surface area contributed by atoms with E-state index in [-0.39, 0.29) is 17.3 Å². The van der Waals surface area contributed by atoms with Crippen LogP contribution in [-0.2, 0) is 14.8 Å². The van der Waals surface area contributed by atoms with Gasteiger partial charge in [0.2, 0.25) is 0 Å². The molecule has 3 aromatic rings. The summed E-state index contributed by atoms with van der Waals surface area (Å²) in [6.45, 7) is 0.309. The Morgan fingerprint density at radius 2 is 1.72 bits per heavy atom. The van der Waals surface area contributed by atoms with Crippen molar-refractivity contribution in [2.24, 2.45) is 0 Å². The molecule has 4 rings (SSSR count). The molecule has 0 bridgehead atoms. The number of halogens is 1. The maximum absolute atomic E-state index is 13.3. The number of hydrogen-bond acceptors (Lipinski definition) is 5. The highest BCUT2D eigenvalue weighted by Gasteiger charge is 2.37. The van der Waals surface area contributed by atoms with Crippen LogP contribution in [0.25, 0.3) is 0 Å². The zero-order chi connectivity index (χ0) is 22.6. The molecule has 1 aliphatic heterocycles. The zero-order valence-corrected chi connectivity index (χ0v) is 19.4. The molecule has 1 N–H and O–H groups in total. The molecular weight excluding hydrogens is 468 g/mol. The molecule has 0 fully saturated rings. The molecule has 0 saturated heterocycles. The van der Waals surface area contributed by atoms with Crippen LogP contribution >= 0.6 is 23.4 Å². The van der Waals surface area contributed by atoms with Crippen molar-refractivity contribution in [3.05, 3.63) is 83.9 Å². The number of para-hydroxylation sites is 2. The number of benzene rings is 3. The van der Waals surface area contributed by atoms with Gasteiger partial charge in [0.05, 0.1) is 17.1 Å². The lowest BCUT2D eigenvalue weighted by Gasteiger charge is -2.34. The standard InChI is InChI=1S/C23H21ClN2O4S2/c24-17-10-12-19(13-11-17)32(28,29)26-16-22(30-21-9-5-4-8-20(21)26)23(27)25-14-15-31-18-6-2-1-3-7-18/h1-13,22H,14-16H2,(H,25,27)/t22-/m1/s1. The Morgan fingerprint density at radius 1 is 1.03 bits per heavy atom. The van der Waals surface area contributed by atoms with Crippen LogP contribution in [-0.4, -0.2) is 39.3 Å². The number of hydrogen-bond donors (Lipinski definition) is 1. The Balaban J connectivity index is 1.48. The molecule has 9 heteroatoms. The van der Waals surface area contributed by atoms with Gasteiger partial charge in [-0.15, -0.1) is 11.8 Å². The van der Waals surface area contributed by atoms with Crippen LogP contribution in [0.4, 0.5) is 5.69 Å². The summed E-state index contributed by atoms with van der Waals surface area (Å²) >= 11 is 7.54. The quantitative estimate of drug-likeness (QED) is 0.398. The number of anilines is 1. The number of amides is 1. The summed E-state index contributed by atoms with van der Waals surface area (Å²) in [4.78, 5) is 14.0. The minimum Gasteiger partial charge on any atom is -0.476 e. The van der Waals surface area contributed by atoms with E-state index in [1.54, 1.807) is 36.0 Å². The van der Waals surface area contributed by atoms with E-state index in [0.29, 0.717) is 28.8 Å². The fraction of sp³-hybridized carbons (Fsp3) is 0.174. The third-order valence-electron chi connectivity index (χ3n) is 4.84. The first-order valence-corrected chi connectivity index (χ1v) is 12.7. The molecular formula is C23H21ClN2O4S2. The molecule has 166 valence electrons. The summed E-state index contributed by atoms with van der Waals surface area (Å²) in [7, 11) is -3.91. The fourth-order valence-electron chi connectivity index (χ4n) is 3.27. The van der Waals surface area contributed by atoms with Gasteiger partial charge in [0.25, 0.3) is 15.9 Å². The van der Waals surface area contributed by atoms with E-state index in [1.165, 1.54) is 28.6 Å². The highest BCUT2D eigenvalue weighted by molar-refractivity contribution is 7.99. The number of thioether (sulfide) groups is 1. The Morgan fingerprint density at radius 3 is 2.47 bits per heavy atom. The Hall–Kier alpha value is -2.68. The van der Waals surface area contributed by atoms with Crippen molar-refractivity contribution in [1.82, 2.24) is 5.32 Å². The molecule has 0 saturated carbocycles. The summed E-state index contributed by atoms with van der Waals surface area (Å²) in [5.41, 5.74) is 0.395. The molecule has 0 unspecified atom stereocenters. The van der Waals surface area contributed by atoms with Crippen LogP contribution in [0.5, 0.6) is 5.75 Å². The third kappa shape index (κ3) is 5.03. The van der Waals surface area contributed by atoms with Crippen molar-refractivity contribution in [3.8, 4) is 5.75 Å². The van der Waals surface area contributed by atoms with Crippen molar-refractivity contribution < 1.29 is 17.9 Å². The Bertz CT molecular complexity index is 1190. The molecule has 1 aliphatic rings. The average Bonchev–Trinajstić information content (AvgIpc) is 2.82. The van der Waals surface area contributed by atoms with E-state index < -0.39 is 16.1 Å². The number of fused-ring (bicyclic) bond motifs is 1. The number of sulfonamides is 1. The topological polar surface area (TPSA) is 75.7 Å². The van der Waals surface area contributed by atoms with E-state index in [1.807, 2.05) is 30.3 Å². The van der Waals surface area contributed by atoms with Crippen LogP contribution in [0.3, 0.4) is 0 Å². The van der Waals surface area contributed by atoms with Crippen molar-refractivity contribution in [3.63, 3.8) is 0 Å². The van der Waals surface area contributed by atoms with E-state index in [2.05, 4.69) is 5.32 Å². The summed E-state index contributed by atoms with van der Waals surface area (Å²) in [6, 6.07) is 22.6. The van der Waals surface area contributed by atoms with Gasteiger partial charge in [-0.25, -0.2) is 8.42 Å². The van der Waals surface area contributed by atoms with Crippen LogP contribution in [0.2, 0.25) is 5.02 Å². The maximum Gasteiger partial charge on any atom is 0.264 e. The lowest BCUT2D eigenvalue weighted by molar-refractivity contribution is -0.127. The van der Waals surface area contributed by atoms with E-state index >= 15 is 0 Å². The summed E-state index contributed by atoms with van der Waals surface area (Å²) in [5.74, 6) is 0.672. The highest BCUT2D eigenvalue weighted by Crippen LogP contribution is 2.37. The van der Waals surface area contributed by atoms with Crippen LogP contribution in [0, 0.1) is 0 Å². The zero-order valence-electron chi connectivity index (χ0n) is 17.0. The summed E-state index contributed by atoms with van der Waals surface area (Å²) in [6.07, 6.45) is -0.964.